The number of carboxylic acids is 1. The Morgan fingerprint density at radius 1 is 1.26 bits per heavy atom. The highest BCUT2D eigenvalue weighted by Gasteiger charge is 2.09. The van der Waals surface area contributed by atoms with Crippen LogP contribution < -0.4 is 0 Å². The van der Waals surface area contributed by atoms with Crippen LogP contribution in [0.5, 0.6) is 0 Å². The summed E-state index contributed by atoms with van der Waals surface area (Å²) in [6.07, 6.45) is 2.78. The van der Waals surface area contributed by atoms with Crippen LogP contribution in [0.3, 0.4) is 0 Å². The van der Waals surface area contributed by atoms with Gasteiger partial charge in [0.1, 0.15) is 5.69 Å². The van der Waals surface area contributed by atoms with Gasteiger partial charge in [0.2, 0.25) is 0 Å². The molecule has 0 saturated carbocycles. The Bertz CT molecular complexity index is 777. The molecule has 0 spiro atoms. The van der Waals surface area contributed by atoms with Crippen LogP contribution in [0.2, 0.25) is 0 Å². The molecule has 2 aromatic heterocycles. The number of rotatable bonds is 2. The lowest BCUT2D eigenvalue weighted by Gasteiger charge is -1.97. The molecule has 1 aromatic carbocycles. The fourth-order valence-electron chi connectivity index (χ4n) is 1.98. The largest absolute Gasteiger partial charge is 0.476 e. The number of aromatic carboxylic acids is 1. The lowest BCUT2D eigenvalue weighted by atomic mass is 10.2. The zero-order valence-electron chi connectivity index (χ0n) is 10.2. The van der Waals surface area contributed by atoms with E-state index in [2.05, 4.69) is 15.0 Å². The first-order valence-electron chi connectivity index (χ1n) is 5.78. The summed E-state index contributed by atoms with van der Waals surface area (Å²) in [5.74, 6) is -1.08. The van der Waals surface area contributed by atoms with Crippen molar-refractivity contribution >= 4 is 16.9 Å². The summed E-state index contributed by atoms with van der Waals surface area (Å²) in [5.41, 5.74) is 3.38. The quantitative estimate of drug-likeness (QED) is 0.735. The zero-order valence-corrected chi connectivity index (χ0v) is 10.2. The van der Waals surface area contributed by atoms with Crippen molar-refractivity contribution in [2.75, 3.05) is 0 Å². The number of aromatic nitrogens is 3. The Labute approximate surface area is 109 Å². The molecule has 5 heteroatoms. The molecule has 0 amide bonds. The molecule has 0 atom stereocenters. The van der Waals surface area contributed by atoms with Gasteiger partial charge in [0.25, 0.3) is 0 Å². The van der Waals surface area contributed by atoms with E-state index in [0.29, 0.717) is 5.69 Å². The summed E-state index contributed by atoms with van der Waals surface area (Å²) in [6, 6.07) is 8.01. The normalized spacial score (nSPS) is 10.8. The van der Waals surface area contributed by atoms with E-state index in [1.165, 1.54) is 6.20 Å². The van der Waals surface area contributed by atoms with Gasteiger partial charge in [-0.1, -0.05) is 12.1 Å². The molecule has 0 radical (unpaired) electrons. The second kappa shape index (κ2) is 4.20. The average molecular weight is 253 g/mol. The number of carbonyl (C=O) groups is 1. The van der Waals surface area contributed by atoms with Crippen molar-refractivity contribution in [1.82, 2.24) is 15.0 Å². The number of carboxylic acid groups (broad SMARTS) is 1. The molecular weight excluding hydrogens is 242 g/mol. The van der Waals surface area contributed by atoms with Gasteiger partial charge in [-0.3, -0.25) is 4.98 Å². The Morgan fingerprint density at radius 3 is 2.89 bits per heavy atom. The van der Waals surface area contributed by atoms with Gasteiger partial charge in [-0.05, 0) is 24.6 Å². The van der Waals surface area contributed by atoms with Crippen molar-refractivity contribution in [3.8, 4) is 11.4 Å². The maximum absolute atomic E-state index is 10.9. The zero-order chi connectivity index (χ0) is 13.4. The van der Waals surface area contributed by atoms with Crippen molar-refractivity contribution in [3.63, 3.8) is 0 Å². The Balaban J connectivity index is 2.13. The van der Waals surface area contributed by atoms with Crippen molar-refractivity contribution < 1.29 is 9.90 Å². The van der Waals surface area contributed by atoms with Crippen LogP contribution in [0.1, 0.15) is 16.1 Å². The van der Waals surface area contributed by atoms with Crippen LogP contribution in [0, 0.1) is 6.92 Å². The first-order chi connectivity index (χ1) is 9.13. The number of hydrogen-bond donors (Lipinski definition) is 2. The van der Waals surface area contributed by atoms with E-state index in [4.69, 9.17) is 5.11 Å². The molecule has 0 aliphatic rings. The molecule has 19 heavy (non-hydrogen) atoms. The molecule has 2 heterocycles. The molecule has 0 bridgehead atoms. The van der Waals surface area contributed by atoms with Gasteiger partial charge >= 0.3 is 5.97 Å². The van der Waals surface area contributed by atoms with E-state index in [1.807, 2.05) is 31.2 Å². The fraction of sp³-hybridized carbons (Fsp3) is 0.0714. The molecule has 2 N–H and O–H groups in total. The molecule has 3 aromatic rings. The van der Waals surface area contributed by atoms with Gasteiger partial charge in [0.05, 0.1) is 18.1 Å². The minimum absolute atomic E-state index is 0.0627. The molecule has 0 fully saturated rings. The van der Waals surface area contributed by atoms with Crippen LogP contribution in [0.25, 0.3) is 22.3 Å². The number of benzene rings is 1. The minimum Gasteiger partial charge on any atom is -0.476 e. The summed E-state index contributed by atoms with van der Waals surface area (Å²) in [5, 5.41) is 9.98. The van der Waals surface area contributed by atoms with E-state index in [0.717, 1.165) is 22.2 Å². The number of nitrogens with one attached hydrogen (secondary N) is 1. The Morgan fingerprint density at radius 2 is 2.11 bits per heavy atom. The van der Waals surface area contributed by atoms with E-state index >= 15 is 0 Å². The standard InChI is InChI=1S/C14H11N3O2/c1-8-2-3-9-5-11(16-10(9)4-8)12-6-15-7-13(17-12)14(18)19/h2-7,16H,1H3,(H,18,19). The van der Waals surface area contributed by atoms with Crippen molar-refractivity contribution in [1.29, 1.82) is 0 Å². The number of hydrogen-bond acceptors (Lipinski definition) is 3. The van der Waals surface area contributed by atoms with Crippen LogP contribution >= 0.6 is 0 Å². The van der Waals surface area contributed by atoms with Gasteiger partial charge in [0, 0.05) is 10.9 Å². The monoisotopic (exact) mass is 253 g/mol. The molecular formula is C14H11N3O2. The molecule has 94 valence electrons. The van der Waals surface area contributed by atoms with Crippen LogP contribution in [-0.4, -0.2) is 26.0 Å². The predicted octanol–water partition coefficient (Wildman–Crippen LogP) is 2.63. The van der Waals surface area contributed by atoms with Crippen LogP contribution in [-0.2, 0) is 0 Å². The van der Waals surface area contributed by atoms with Crippen molar-refractivity contribution in [3.05, 3.63) is 47.9 Å². The van der Waals surface area contributed by atoms with Gasteiger partial charge in [0.15, 0.2) is 5.69 Å². The number of aromatic amines is 1. The highest BCUT2D eigenvalue weighted by Crippen LogP contribution is 2.23. The Hall–Kier alpha value is -2.69. The van der Waals surface area contributed by atoms with E-state index in [-0.39, 0.29) is 5.69 Å². The smallest absolute Gasteiger partial charge is 0.356 e. The summed E-state index contributed by atoms with van der Waals surface area (Å²) in [4.78, 5) is 22.1. The topological polar surface area (TPSA) is 78.9 Å². The second-order valence-electron chi connectivity index (χ2n) is 4.37. The van der Waals surface area contributed by atoms with E-state index in [1.54, 1.807) is 6.20 Å². The fourth-order valence-corrected chi connectivity index (χ4v) is 1.98. The molecule has 0 unspecified atom stereocenters. The number of aryl methyl sites for hydroxylation is 1. The van der Waals surface area contributed by atoms with Crippen molar-refractivity contribution in [2.24, 2.45) is 0 Å². The first-order valence-corrected chi connectivity index (χ1v) is 5.78. The van der Waals surface area contributed by atoms with Gasteiger partial charge in [-0.15, -0.1) is 0 Å². The molecule has 0 saturated heterocycles. The summed E-state index contributed by atoms with van der Waals surface area (Å²) >= 11 is 0. The summed E-state index contributed by atoms with van der Waals surface area (Å²) < 4.78 is 0. The van der Waals surface area contributed by atoms with Crippen LogP contribution in [0.4, 0.5) is 0 Å². The lowest BCUT2D eigenvalue weighted by Crippen LogP contribution is -2.01. The SMILES string of the molecule is Cc1ccc2cc(-c3cncc(C(=O)O)n3)[nH]c2c1. The third kappa shape index (κ3) is 2.06. The number of nitrogens with zero attached hydrogens (tertiary/aromatic N) is 2. The summed E-state index contributed by atoms with van der Waals surface area (Å²) in [6.45, 7) is 2.02. The number of fused-ring (bicyclic) bond motifs is 1. The third-order valence-electron chi connectivity index (χ3n) is 2.91. The minimum atomic E-state index is -1.08. The van der Waals surface area contributed by atoms with E-state index in [9.17, 15) is 4.79 Å². The first kappa shape index (κ1) is 11.4. The Kier molecular flexibility index (Phi) is 2.52. The predicted molar refractivity (Wildman–Crippen MR) is 71.0 cm³/mol. The lowest BCUT2D eigenvalue weighted by molar-refractivity contribution is 0.0690. The highest BCUT2D eigenvalue weighted by molar-refractivity contribution is 5.87. The molecule has 5 nitrogen and oxygen atoms in total. The van der Waals surface area contributed by atoms with Crippen LogP contribution in [0.15, 0.2) is 36.7 Å². The second-order valence-corrected chi connectivity index (χ2v) is 4.37. The number of H-pyrrole nitrogens is 1. The van der Waals surface area contributed by atoms with Gasteiger partial charge in [-0.25, -0.2) is 9.78 Å². The average Bonchev–Trinajstić information content (AvgIpc) is 2.81. The highest BCUT2D eigenvalue weighted by atomic mass is 16.4. The van der Waals surface area contributed by atoms with Crippen molar-refractivity contribution in [2.45, 2.75) is 6.92 Å². The van der Waals surface area contributed by atoms with E-state index < -0.39 is 5.97 Å². The molecule has 3 rings (SSSR count). The maximum atomic E-state index is 10.9. The maximum Gasteiger partial charge on any atom is 0.356 e. The van der Waals surface area contributed by atoms with Gasteiger partial charge in [-0.2, -0.15) is 0 Å². The van der Waals surface area contributed by atoms with Gasteiger partial charge < -0.3 is 10.1 Å². The molecule has 0 aliphatic carbocycles. The summed E-state index contributed by atoms with van der Waals surface area (Å²) in [7, 11) is 0. The third-order valence-corrected chi connectivity index (χ3v) is 2.91. The molecule has 0 aliphatic heterocycles.